The van der Waals surface area contributed by atoms with Gasteiger partial charge in [0.05, 0.1) is 18.6 Å². The number of para-hydroxylation sites is 1. The Bertz CT molecular complexity index is 916. The summed E-state index contributed by atoms with van der Waals surface area (Å²) < 4.78 is 1.82. The average molecular weight is 380 g/mol. The van der Waals surface area contributed by atoms with Crippen molar-refractivity contribution in [2.24, 2.45) is 5.92 Å². The minimum atomic E-state index is -0.117. The number of benzene rings is 2. The maximum absolute atomic E-state index is 13.1. The zero-order valence-corrected chi connectivity index (χ0v) is 15.8. The lowest BCUT2D eigenvalue weighted by Gasteiger charge is -2.25. The van der Waals surface area contributed by atoms with E-state index in [1.807, 2.05) is 59.2 Å². The van der Waals surface area contributed by atoms with Gasteiger partial charge in [-0.1, -0.05) is 54.8 Å². The Labute approximate surface area is 164 Å². The van der Waals surface area contributed by atoms with Crippen molar-refractivity contribution in [3.63, 3.8) is 0 Å². The van der Waals surface area contributed by atoms with Crippen LogP contribution in [0.25, 0.3) is 5.69 Å². The highest BCUT2D eigenvalue weighted by Gasteiger charge is 2.29. The Hall–Kier alpha value is -2.59. The fourth-order valence-corrected chi connectivity index (χ4v) is 4.14. The molecule has 1 heterocycles. The number of rotatable bonds is 5. The molecule has 5 heteroatoms. The largest absolute Gasteiger partial charge is 0.344 e. The molecule has 1 amide bonds. The topological polar surface area (TPSA) is 46.9 Å². The molecule has 0 spiro atoms. The summed E-state index contributed by atoms with van der Waals surface area (Å²) in [6, 6.07) is 17.5. The highest BCUT2D eigenvalue weighted by Crippen LogP contribution is 2.36. The van der Waals surface area contributed by atoms with E-state index in [0.717, 1.165) is 24.1 Å². The van der Waals surface area contributed by atoms with Crippen molar-refractivity contribution in [2.75, 3.05) is 0 Å². The molecular weight excluding hydrogens is 358 g/mol. The fraction of sp³-hybridized carbons (Fsp3) is 0.273. The number of amides is 1. The van der Waals surface area contributed by atoms with E-state index < -0.39 is 0 Å². The summed E-state index contributed by atoms with van der Waals surface area (Å²) in [5, 5.41) is 3.95. The maximum atomic E-state index is 13.1. The first-order valence-electron chi connectivity index (χ1n) is 9.36. The van der Waals surface area contributed by atoms with E-state index in [2.05, 4.69) is 10.3 Å². The first-order chi connectivity index (χ1) is 13.2. The number of carbonyl (C=O) groups excluding carboxylic acids is 1. The summed E-state index contributed by atoms with van der Waals surface area (Å²) in [7, 11) is 0. The summed E-state index contributed by atoms with van der Waals surface area (Å²) in [6.45, 7) is 0. The second-order valence-corrected chi connectivity index (χ2v) is 7.47. The van der Waals surface area contributed by atoms with Gasteiger partial charge < -0.3 is 5.32 Å². The Morgan fingerprint density at radius 3 is 2.63 bits per heavy atom. The van der Waals surface area contributed by atoms with E-state index in [0.29, 0.717) is 16.6 Å². The average Bonchev–Trinajstić information content (AvgIpc) is 3.38. The third-order valence-corrected chi connectivity index (χ3v) is 5.51. The standard InChI is InChI=1S/C22H22ClN3O/c23-18-10-6-9-17(13-18)21(16-7-4-5-8-16)25-22(27)20-14-24-15-26(20)19-11-2-1-3-12-19/h1-3,6,9-16,21H,4-5,7-8H2,(H,25,27). The Morgan fingerprint density at radius 1 is 1.11 bits per heavy atom. The molecule has 0 bridgehead atoms. The number of halogens is 1. The molecule has 1 aromatic heterocycles. The molecule has 0 aliphatic heterocycles. The van der Waals surface area contributed by atoms with Crippen LogP contribution in [0.3, 0.4) is 0 Å². The van der Waals surface area contributed by atoms with Crippen LogP contribution >= 0.6 is 11.6 Å². The molecule has 1 aliphatic rings. The zero-order chi connectivity index (χ0) is 18.6. The lowest BCUT2D eigenvalue weighted by atomic mass is 9.91. The second-order valence-electron chi connectivity index (χ2n) is 7.04. The highest BCUT2D eigenvalue weighted by atomic mass is 35.5. The van der Waals surface area contributed by atoms with E-state index in [9.17, 15) is 4.79 Å². The van der Waals surface area contributed by atoms with Gasteiger partial charge in [-0.15, -0.1) is 0 Å². The first-order valence-corrected chi connectivity index (χ1v) is 9.74. The van der Waals surface area contributed by atoms with Crippen LogP contribution in [-0.2, 0) is 0 Å². The molecule has 1 fully saturated rings. The van der Waals surface area contributed by atoms with Crippen molar-refractivity contribution in [3.8, 4) is 5.69 Å². The Balaban J connectivity index is 1.62. The van der Waals surface area contributed by atoms with Crippen molar-refractivity contribution in [3.05, 3.63) is 83.4 Å². The number of carbonyl (C=O) groups is 1. The van der Waals surface area contributed by atoms with Crippen LogP contribution in [0.5, 0.6) is 0 Å². The van der Waals surface area contributed by atoms with Gasteiger partial charge in [-0.05, 0) is 48.6 Å². The Morgan fingerprint density at radius 2 is 1.89 bits per heavy atom. The molecule has 0 radical (unpaired) electrons. The normalized spacial score (nSPS) is 15.6. The molecule has 1 aliphatic carbocycles. The highest BCUT2D eigenvalue weighted by molar-refractivity contribution is 6.30. The van der Waals surface area contributed by atoms with E-state index in [1.165, 1.54) is 12.8 Å². The lowest BCUT2D eigenvalue weighted by Crippen LogP contribution is -2.33. The summed E-state index contributed by atoms with van der Waals surface area (Å²) in [4.78, 5) is 17.3. The van der Waals surface area contributed by atoms with E-state index in [-0.39, 0.29) is 11.9 Å². The van der Waals surface area contributed by atoms with Crippen LogP contribution in [-0.4, -0.2) is 15.5 Å². The van der Waals surface area contributed by atoms with E-state index in [4.69, 9.17) is 11.6 Å². The summed E-state index contributed by atoms with van der Waals surface area (Å²) >= 11 is 6.21. The molecule has 3 aromatic rings. The monoisotopic (exact) mass is 379 g/mol. The number of hydrogen-bond donors (Lipinski definition) is 1. The first kappa shape index (κ1) is 17.8. The van der Waals surface area contributed by atoms with Crippen LogP contribution in [0.15, 0.2) is 67.1 Å². The molecule has 0 saturated heterocycles. The predicted molar refractivity (Wildman–Crippen MR) is 107 cm³/mol. The molecule has 4 nitrogen and oxygen atoms in total. The SMILES string of the molecule is O=C(NC(c1cccc(Cl)c1)C1CCCC1)c1cncn1-c1ccccc1. The van der Waals surface area contributed by atoms with Crippen molar-refractivity contribution >= 4 is 17.5 Å². The van der Waals surface area contributed by atoms with Crippen LogP contribution in [0.2, 0.25) is 5.02 Å². The third-order valence-electron chi connectivity index (χ3n) is 5.27. The molecule has 27 heavy (non-hydrogen) atoms. The minimum Gasteiger partial charge on any atom is -0.344 e. The van der Waals surface area contributed by atoms with Crippen LogP contribution < -0.4 is 5.32 Å². The van der Waals surface area contributed by atoms with Gasteiger partial charge in [-0.2, -0.15) is 0 Å². The van der Waals surface area contributed by atoms with Gasteiger partial charge >= 0.3 is 0 Å². The van der Waals surface area contributed by atoms with Crippen molar-refractivity contribution in [2.45, 2.75) is 31.7 Å². The van der Waals surface area contributed by atoms with Gasteiger partial charge in [-0.3, -0.25) is 9.36 Å². The molecule has 1 N–H and O–H groups in total. The van der Waals surface area contributed by atoms with Crippen LogP contribution in [0, 0.1) is 5.92 Å². The molecule has 1 atom stereocenters. The second kappa shape index (κ2) is 7.97. The number of aromatic nitrogens is 2. The molecule has 1 saturated carbocycles. The number of nitrogens with zero attached hydrogens (tertiary/aromatic N) is 2. The summed E-state index contributed by atoms with van der Waals surface area (Å²) in [5.41, 5.74) is 2.51. The minimum absolute atomic E-state index is 0.0437. The van der Waals surface area contributed by atoms with E-state index >= 15 is 0 Å². The number of imidazole rings is 1. The molecule has 4 rings (SSSR count). The van der Waals surface area contributed by atoms with Gasteiger partial charge in [0.15, 0.2) is 0 Å². The molecule has 138 valence electrons. The zero-order valence-electron chi connectivity index (χ0n) is 15.0. The molecule has 1 unspecified atom stereocenters. The van der Waals surface area contributed by atoms with Crippen molar-refractivity contribution < 1.29 is 4.79 Å². The van der Waals surface area contributed by atoms with Gasteiger partial charge in [0, 0.05) is 10.7 Å². The quantitative estimate of drug-likeness (QED) is 0.663. The Kier molecular flexibility index (Phi) is 5.26. The van der Waals surface area contributed by atoms with Gasteiger partial charge in [-0.25, -0.2) is 4.98 Å². The van der Waals surface area contributed by atoms with Crippen molar-refractivity contribution in [1.82, 2.24) is 14.9 Å². The predicted octanol–water partition coefficient (Wildman–Crippen LogP) is 5.19. The third kappa shape index (κ3) is 3.91. The smallest absolute Gasteiger partial charge is 0.270 e. The molecular formula is C22H22ClN3O. The lowest BCUT2D eigenvalue weighted by molar-refractivity contribution is 0.0915. The molecule has 2 aromatic carbocycles. The van der Waals surface area contributed by atoms with Gasteiger partial charge in [0.2, 0.25) is 0 Å². The summed E-state index contributed by atoms with van der Waals surface area (Å²) in [6.07, 6.45) is 7.95. The van der Waals surface area contributed by atoms with E-state index in [1.54, 1.807) is 12.5 Å². The number of hydrogen-bond acceptors (Lipinski definition) is 2. The van der Waals surface area contributed by atoms with Crippen LogP contribution in [0.1, 0.15) is 47.8 Å². The maximum Gasteiger partial charge on any atom is 0.270 e. The fourth-order valence-electron chi connectivity index (χ4n) is 3.94. The van der Waals surface area contributed by atoms with Crippen LogP contribution in [0.4, 0.5) is 0 Å². The number of nitrogens with one attached hydrogen (secondary N) is 1. The summed E-state index contributed by atoms with van der Waals surface area (Å²) in [5.74, 6) is 0.314. The van der Waals surface area contributed by atoms with Crippen molar-refractivity contribution in [1.29, 1.82) is 0 Å². The van der Waals surface area contributed by atoms with Gasteiger partial charge in [0.1, 0.15) is 5.69 Å². The van der Waals surface area contributed by atoms with Gasteiger partial charge in [0.25, 0.3) is 5.91 Å².